The van der Waals surface area contributed by atoms with Crippen molar-refractivity contribution in [1.82, 2.24) is 4.90 Å². The molecule has 1 aliphatic heterocycles. The minimum atomic E-state index is -0.681. The largest absolute Gasteiger partial charge is 0.341 e. The van der Waals surface area contributed by atoms with Gasteiger partial charge in [-0.05, 0) is 38.4 Å². The van der Waals surface area contributed by atoms with E-state index in [9.17, 15) is 10.1 Å². The van der Waals surface area contributed by atoms with Gasteiger partial charge in [-0.2, -0.15) is 17.0 Å². The molecule has 2 rings (SSSR count). The van der Waals surface area contributed by atoms with Crippen LogP contribution in [0.15, 0.2) is 0 Å². The van der Waals surface area contributed by atoms with E-state index in [1.54, 1.807) is 0 Å². The molecular weight excluding hydrogens is 244 g/mol. The third-order valence-corrected chi connectivity index (χ3v) is 5.51. The summed E-state index contributed by atoms with van der Waals surface area (Å²) in [6, 6.07) is 2.32. The molecule has 0 radical (unpaired) electrons. The van der Waals surface area contributed by atoms with Crippen molar-refractivity contribution in [2.24, 2.45) is 5.41 Å². The number of likely N-dealkylation sites (tertiary alicyclic amines) is 1. The highest BCUT2D eigenvalue weighted by Gasteiger charge is 2.44. The van der Waals surface area contributed by atoms with Crippen LogP contribution in [0.5, 0.6) is 0 Å². The van der Waals surface area contributed by atoms with Gasteiger partial charge in [-0.1, -0.05) is 12.8 Å². The molecule has 1 unspecified atom stereocenters. The maximum atomic E-state index is 12.6. The first-order valence-corrected chi connectivity index (χ1v) is 8.24. The molecule has 0 bridgehead atoms. The molecule has 3 nitrogen and oxygen atoms in total. The average Bonchev–Trinajstić information content (AvgIpc) is 2.77. The number of hydrogen-bond acceptors (Lipinski definition) is 3. The summed E-state index contributed by atoms with van der Waals surface area (Å²) in [5, 5.41) is 10.1. The first kappa shape index (κ1) is 13.7. The lowest BCUT2D eigenvalue weighted by atomic mass is 9.86. The van der Waals surface area contributed by atoms with Gasteiger partial charge in [0.25, 0.3) is 0 Å². The van der Waals surface area contributed by atoms with Gasteiger partial charge in [0, 0.05) is 18.3 Å². The fourth-order valence-corrected chi connectivity index (χ4v) is 3.90. The molecule has 2 fully saturated rings. The van der Waals surface area contributed by atoms with E-state index in [4.69, 9.17) is 0 Å². The molecule has 1 saturated carbocycles. The maximum Gasteiger partial charge on any atom is 0.243 e. The van der Waals surface area contributed by atoms with Crippen molar-refractivity contribution in [3.63, 3.8) is 0 Å². The molecule has 1 saturated heterocycles. The lowest BCUT2D eigenvalue weighted by Gasteiger charge is -2.28. The standard InChI is InChI=1S/C14H22N2OS/c1-18-12-5-4-9-16(10-6-12)13(17)14(11-15)7-2-3-8-14/h12H,2-10H2,1H3. The maximum absolute atomic E-state index is 12.6. The van der Waals surface area contributed by atoms with Crippen LogP contribution in [0.3, 0.4) is 0 Å². The normalized spacial score (nSPS) is 27.6. The van der Waals surface area contributed by atoms with E-state index in [0.717, 1.165) is 51.6 Å². The topological polar surface area (TPSA) is 44.1 Å². The summed E-state index contributed by atoms with van der Waals surface area (Å²) >= 11 is 1.91. The molecule has 18 heavy (non-hydrogen) atoms. The van der Waals surface area contributed by atoms with E-state index in [0.29, 0.717) is 5.25 Å². The van der Waals surface area contributed by atoms with Gasteiger partial charge in [0.15, 0.2) is 0 Å². The highest BCUT2D eigenvalue weighted by molar-refractivity contribution is 7.99. The van der Waals surface area contributed by atoms with Crippen molar-refractivity contribution in [3.05, 3.63) is 0 Å². The summed E-state index contributed by atoms with van der Waals surface area (Å²) in [6.07, 6.45) is 9.10. The molecule has 4 heteroatoms. The van der Waals surface area contributed by atoms with E-state index in [1.165, 1.54) is 6.42 Å². The van der Waals surface area contributed by atoms with Gasteiger partial charge in [-0.15, -0.1) is 0 Å². The fraction of sp³-hybridized carbons (Fsp3) is 0.857. The van der Waals surface area contributed by atoms with E-state index in [-0.39, 0.29) is 5.91 Å². The van der Waals surface area contributed by atoms with Gasteiger partial charge in [-0.3, -0.25) is 4.79 Å². The predicted octanol–water partition coefficient (Wildman–Crippen LogP) is 2.81. The Morgan fingerprint density at radius 1 is 1.28 bits per heavy atom. The average molecular weight is 266 g/mol. The number of thioether (sulfide) groups is 1. The number of nitriles is 1. The molecular formula is C14H22N2OS. The molecule has 0 N–H and O–H groups in total. The molecule has 1 amide bonds. The van der Waals surface area contributed by atoms with E-state index >= 15 is 0 Å². The second kappa shape index (κ2) is 5.97. The Balaban J connectivity index is 2.02. The van der Waals surface area contributed by atoms with Crippen molar-refractivity contribution >= 4 is 17.7 Å². The highest BCUT2D eigenvalue weighted by Crippen LogP contribution is 2.39. The lowest BCUT2D eigenvalue weighted by molar-refractivity contribution is -0.138. The Morgan fingerprint density at radius 3 is 2.61 bits per heavy atom. The summed E-state index contributed by atoms with van der Waals surface area (Å²) in [4.78, 5) is 14.6. The molecule has 0 aromatic rings. The number of rotatable bonds is 2. The van der Waals surface area contributed by atoms with Gasteiger partial charge >= 0.3 is 0 Å². The smallest absolute Gasteiger partial charge is 0.243 e. The van der Waals surface area contributed by atoms with Crippen molar-refractivity contribution in [1.29, 1.82) is 5.26 Å². The van der Waals surface area contributed by atoms with Crippen molar-refractivity contribution in [2.45, 2.75) is 50.2 Å². The number of nitrogens with zero attached hydrogens (tertiary/aromatic N) is 2. The minimum Gasteiger partial charge on any atom is -0.341 e. The van der Waals surface area contributed by atoms with Gasteiger partial charge < -0.3 is 4.90 Å². The van der Waals surface area contributed by atoms with Crippen LogP contribution < -0.4 is 0 Å². The molecule has 0 aromatic heterocycles. The van der Waals surface area contributed by atoms with Crippen molar-refractivity contribution in [3.8, 4) is 6.07 Å². The lowest BCUT2D eigenvalue weighted by Crippen LogP contribution is -2.42. The Kier molecular flexibility index (Phi) is 4.55. The first-order valence-electron chi connectivity index (χ1n) is 6.95. The number of carbonyl (C=O) groups is 1. The zero-order chi connectivity index (χ0) is 13.0. The van der Waals surface area contributed by atoms with Crippen LogP contribution in [0.2, 0.25) is 0 Å². The Hall–Kier alpha value is -0.690. The van der Waals surface area contributed by atoms with Crippen LogP contribution in [-0.2, 0) is 4.79 Å². The number of amides is 1. The molecule has 1 aliphatic carbocycles. The van der Waals surface area contributed by atoms with Crippen LogP contribution >= 0.6 is 11.8 Å². The quantitative estimate of drug-likeness (QED) is 0.772. The third-order valence-electron chi connectivity index (χ3n) is 4.38. The molecule has 1 atom stereocenters. The van der Waals surface area contributed by atoms with Crippen LogP contribution in [-0.4, -0.2) is 35.4 Å². The van der Waals surface area contributed by atoms with Crippen molar-refractivity contribution in [2.75, 3.05) is 19.3 Å². The SMILES string of the molecule is CSC1CCCN(C(=O)C2(C#N)CCCC2)CC1. The highest BCUT2D eigenvalue weighted by atomic mass is 32.2. The zero-order valence-corrected chi connectivity index (χ0v) is 12.0. The van der Waals surface area contributed by atoms with Crippen LogP contribution in [0, 0.1) is 16.7 Å². The Labute approximate surface area is 114 Å². The molecule has 100 valence electrons. The van der Waals surface area contributed by atoms with E-state index in [1.807, 2.05) is 16.7 Å². The molecule has 0 aromatic carbocycles. The Morgan fingerprint density at radius 2 is 2.00 bits per heavy atom. The zero-order valence-electron chi connectivity index (χ0n) is 11.2. The van der Waals surface area contributed by atoms with E-state index < -0.39 is 5.41 Å². The number of carbonyl (C=O) groups excluding carboxylic acids is 1. The molecule has 0 spiro atoms. The Bertz CT molecular complexity index is 344. The fourth-order valence-electron chi connectivity index (χ4n) is 3.16. The van der Waals surface area contributed by atoms with Crippen LogP contribution in [0.1, 0.15) is 44.9 Å². The monoisotopic (exact) mass is 266 g/mol. The molecule has 2 aliphatic rings. The van der Waals surface area contributed by atoms with Gasteiger partial charge in [-0.25, -0.2) is 0 Å². The summed E-state index contributed by atoms with van der Waals surface area (Å²) in [5.41, 5.74) is -0.681. The first-order chi connectivity index (χ1) is 8.72. The second-order valence-corrected chi connectivity index (χ2v) is 6.62. The van der Waals surface area contributed by atoms with Crippen LogP contribution in [0.25, 0.3) is 0 Å². The van der Waals surface area contributed by atoms with Gasteiger partial charge in [0.05, 0.1) is 6.07 Å². The molecule has 1 heterocycles. The number of hydrogen-bond donors (Lipinski definition) is 0. The van der Waals surface area contributed by atoms with E-state index in [2.05, 4.69) is 12.3 Å². The van der Waals surface area contributed by atoms with Crippen LogP contribution in [0.4, 0.5) is 0 Å². The van der Waals surface area contributed by atoms with Gasteiger partial charge in [0.2, 0.25) is 5.91 Å². The summed E-state index contributed by atoms with van der Waals surface area (Å²) in [5.74, 6) is 0.115. The minimum absolute atomic E-state index is 0.115. The predicted molar refractivity (Wildman–Crippen MR) is 74.2 cm³/mol. The second-order valence-electron chi connectivity index (χ2n) is 5.48. The van der Waals surface area contributed by atoms with Crippen molar-refractivity contribution < 1.29 is 4.79 Å². The van der Waals surface area contributed by atoms with Gasteiger partial charge in [0.1, 0.15) is 5.41 Å². The summed E-state index contributed by atoms with van der Waals surface area (Å²) in [6.45, 7) is 1.69. The summed E-state index contributed by atoms with van der Waals surface area (Å²) in [7, 11) is 0. The third kappa shape index (κ3) is 2.66. The summed E-state index contributed by atoms with van der Waals surface area (Å²) < 4.78 is 0.